The van der Waals surface area contributed by atoms with Crippen LogP contribution in [0.5, 0.6) is 5.75 Å². The Balaban J connectivity index is 2.53. The van der Waals surface area contributed by atoms with Crippen molar-refractivity contribution in [3.63, 3.8) is 0 Å². The summed E-state index contributed by atoms with van der Waals surface area (Å²) in [5.41, 5.74) is 0.642. The number of rotatable bonds is 7. The van der Waals surface area contributed by atoms with Crippen LogP contribution in [0, 0.1) is 5.92 Å². The highest BCUT2D eigenvalue weighted by Crippen LogP contribution is 2.13. The smallest absolute Gasteiger partial charge is 0.251 e. The Morgan fingerprint density at radius 3 is 2.89 bits per heavy atom. The van der Waals surface area contributed by atoms with E-state index in [2.05, 4.69) is 28.2 Å². The fraction of sp³-hybridized carbons (Fsp3) is 0.500. The molecule has 0 heterocycles. The summed E-state index contributed by atoms with van der Waals surface area (Å²) in [6, 6.07) is 7.20. The number of nitrogens with one attached hydrogen (secondary N) is 1. The second-order valence-corrected chi connectivity index (χ2v) is 4.99. The Morgan fingerprint density at radius 2 is 2.28 bits per heavy atom. The van der Waals surface area contributed by atoms with Crippen LogP contribution in [0.15, 0.2) is 24.3 Å². The molecule has 1 aromatic rings. The van der Waals surface area contributed by atoms with Gasteiger partial charge >= 0.3 is 0 Å². The summed E-state index contributed by atoms with van der Waals surface area (Å²) in [6.07, 6.45) is 2.15. The van der Waals surface area contributed by atoms with Crippen LogP contribution in [0.1, 0.15) is 30.1 Å². The monoisotopic (exact) mass is 313 g/mol. The standard InChI is InChI=1S/C14H20BrNO2/c1-3-11(7-8-15)10-16-14(17)12-5-4-6-13(9-12)18-2/h4-6,9,11H,3,7-8,10H2,1-2H3,(H,16,17). The number of amides is 1. The van der Waals surface area contributed by atoms with E-state index in [1.807, 2.05) is 12.1 Å². The summed E-state index contributed by atoms with van der Waals surface area (Å²) in [4.78, 5) is 12.0. The zero-order valence-corrected chi connectivity index (χ0v) is 12.5. The minimum Gasteiger partial charge on any atom is -0.497 e. The van der Waals surface area contributed by atoms with Gasteiger partial charge in [0.1, 0.15) is 5.75 Å². The molecule has 0 aliphatic heterocycles. The summed E-state index contributed by atoms with van der Waals surface area (Å²) in [7, 11) is 1.60. The van der Waals surface area contributed by atoms with Crippen molar-refractivity contribution in [2.45, 2.75) is 19.8 Å². The van der Waals surface area contributed by atoms with Crippen molar-refractivity contribution in [2.24, 2.45) is 5.92 Å². The number of carbonyl (C=O) groups excluding carboxylic acids is 1. The van der Waals surface area contributed by atoms with Gasteiger partial charge in [0.25, 0.3) is 5.91 Å². The lowest BCUT2D eigenvalue weighted by Gasteiger charge is -2.14. The van der Waals surface area contributed by atoms with Crippen LogP contribution in [-0.4, -0.2) is 24.9 Å². The molecule has 0 aromatic heterocycles. The minimum absolute atomic E-state index is 0.0399. The summed E-state index contributed by atoms with van der Waals surface area (Å²) < 4.78 is 5.10. The van der Waals surface area contributed by atoms with Gasteiger partial charge in [0.05, 0.1) is 7.11 Å². The first-order valence-electron chi connectivity index (χ1n) is 6.19. The highest BCUT2D eigenvalue weighted by atomic mass is 79.9. The summed E-state index contributed by atoms with van der Waals surface area (Å²) in [5, 5.41) is 3.94. The molecule has 1 atom stereocenters. The molecule has 0 fully saturated rings. The molecule has 1 rings (SSSR count). The molecule has 0 aliphatic rings. The summed E-state index contributed by atoms with van der Waals surface area (Å²) in [6.45, 7) is 2.86. The quantitative estimate of drug-likeness (QED) is 0.785. The van der Waals surface area contributed by atoms with Crippen molar-refractivity contribution in [3.8, 4) is 5.75 Å². The van der Waals surface area contributed by atoms with Gasteiger partial charge in [0.15, 0.2) is 0 Å². The molecule has 18 heavy (non-hydrogen) atoms. The average molecular weight is 314 g/mol. The number of alkyl halides is 1. The zero-order valence-electron chi connectivity index (χ0n) is 10.9. The minimum atomic E-state index is -0.0399. The molecule has 0 aliphatic carbocycles. The first-order chi connectivity index (χ1) is 8.71. The molecule has 1 amide bonds. The maximum absolute atomic E-state index is 12.0. The third kappa shape index (κ3) is 4.69. The molecule has 0 radical (unpaired) electrons. The fourth-order valence-electron chi connectivity index (χ4n) is 1.71. The Kier molecular flexibility index (Phi) is 6.80. The number of ether oxygens (including phenoxy) is 1. The predicted molar refractivity (Wildman–Crippen MR) is 77.5 cm³/mol. The highest BCUT2D eigenvalue weighted by molar-refractivity contribution is 9.09. The molecule has 1 aromatic carbocycles. The molecule has 1 unspecified atom stereocenters. The van der Waals surface area contributed by atoms with E-state index in [0.29, 0.717) is 17.2 Å². The molecule has 1 N–H and O–H groups in total. The van der Waals surface area contributed by atoms with Gasteiger partial charge in [-0.3, -0.25) is 4.79 Å². The van der Waals surface area contributed by atoms with Crippen molar-refractivity contribution < 1.29 is 9.53 Å². The Bertz CT molecular complexity index is 382. The van der Waals surface area contributed by atoms with Crippen LogP contribution in [-0.2, 0) is 0 Å². The van der Waals surface area contributed by atoms with Crippen LogP contribution in [0.4, 0.5) is 0 Å². The van der Waals surface area contributed by atoms with Crippen molar-refractivity contribution in [2.75, 3.05) is 19.0 Å². The molecule has 0 saturated carbocycles. The van der Waals surface area contributed by atoms with Gasteiger partial charge in [-0.25, -0.2) is 0 Å². The zero-order chi connectivity index (χ0) is 13.4. The largest absolute Gasteiger partial charge is 0.497 e. The maximum atomic E-state index is 12.0. The van der Waals surface area contributed by atoms with Gasteiger partial charge in [-0.15, -0.1) is 0 Å². The average Bonchev–Trinajstić information content (AvgIpc) is 2.43. The number of hydrogen-bond donors (Lipinski definition) is 1. The molecular weight excluding hydrogens is 294 g/mol. The lowest BCUT2D eigenvalue weighted by atomic mass is 10.0. The van der Waals surface area contributed by atoms with Crippen molar-refractivity contribution in [1.29, 1.82) is 0 Å². The second kappa shape index (κ2) is 8.14. The SMILES string of the molecule is CCC(CCBr)CNC(=O)c1cccc(OC)c1. The van der Waals surface area contributed by atoms with Gasteiger partial charge in [0.2, 0.25) is 0 Å². The number of methoxy groups -OCH3 is 1. The predicted octanol–water partition coefficient (Wildman–Crippen LogP) is 3.24. The maximum Gasteiger partial charge on any atom is 0.251 e. The molecule has 0 bridgehead atoms. The van der Waals surface area contributed by atoms with Crippen LogP contribution in [0.2, 0.25) is 0 Å². The van der Waals surface area contributed by atoms with E-state index >= 15 is 0 Å². The second-order valence-electron chi connectivity index (χ2n) is 4.19. The van der Waals surface area contributed by atoms with Crippen LogP contribution in [0.3, 0.4) is 0 Å². The summed E-state index contributed by atoms with van der Waals surface area (Å²) >= 11 is 3.43. The first kappa shape index (κ1) is 15.0. The third-order valence-corrected chi connectivity index (χ3v) is 3.44. The van der Waals surface area contributed by atoms with E-state index in [1.54, 1.807) is 19.2 Å². The lowest BCUT2D eigenvalue weighted by Crippen LogP contribution is -2.29. The van der Waals surface area contributed by atoms with Crippen LogP contribution < -0.4 is 10.1 Å². The molecule has 3 nitrogen and oxygen atoms in total. The normalized spacial score (nSPS) is 11.9. The van der Waals surface area contributed by atoms with E-state index in [4.69, 9.17) is 4.74 Å². The Labute approximate surface area is 117 Å². The lowest BCUT2D eigenvalue weighted by molar-refractivity contribution is 0.0946. The van der Waals surface area contributed by atoms with E-state index in [0.717, 1.165) is 24.7 Å². The van der Waals surface area contributed by atoms with Crippen molar-refractivity contribution in [3.05, 3.63) is 29.8 Å². The van der Waals surface area contributed by atoms with Gasteiger partial charge in [-0.1, -0.05) is 35.3 Å². The topological polar surface area (TPSA) is 38.3 Å². The van der Waals surface area contributed by atoms with Crippen molar-refractivity contribution in [1.82, 2.24) is 5.32 Å². The van der Waals surface area contributed by atoms with E-state index in [-0.39, 0.29) is 5.91 Å². The van der Waals surface area contributed by atoms with E-state index < -0.39 is 0 Å². The molecule has 4 heteroatoms. The Morgan fingerprint density at radius 1 is 1.50 bits per heavy atom. The number of hydrogen-bond acceptors (Lipinski definition) is 2. The van der Waals surface area contributed by atoms with Crippen LogP contribution in [0.25, 0.3) is 0 Å². The number of carbonyl (C=O) groups is 1. The van der Waals surface area contributed by atoms with Crippen LogP contribution >= 0.6 is 15.9 Å². The van der Waals surface area contributed by atoms with Gasteiger partial charge in [0, 0.05) is 17.4 Å². The third-order valence-electron chi connectivity index (χ3n) is 2.98. The Hall–Kier alpha value is -1.03. The first-order valence-corrected chi connectivity index (χ1v) is 7.31. The molecule has 0 saturated heterocycles. The fourth-order valence-corrected chi connectivity index (χ4v) is 2.36. The van der Waals surface area contributed by atoms with E-state index in [9.17, 15) is 4.79 Å². The summed E-state index contributed by atoms with van der Waals surface area (Å²) in [5.74, 6) is 1.19. The van der Waals surface area contributed by atoms with E-state index in [1.165, 1.54) is 0 Å². The van der Waals surface area contributed by atoms with Gasteiger partial charge in [-0.2, -0.15) is 0 Å². The van der Waals surface area contributed by atoms with Crippen molar-refractivity contribution >= 4 is 21.8 Å². The highest BCUT2D eigenvalue weighted by Gasteiger charge is 2.10. The molecular formula is C14H20BrNO2. The number of benzene rings is 1. The van der Waals surface area contributed by atoms with Gasteiger partial charge in [-0.05, 0) is 30.5 Å². The molecule has 0 spiro atoms. The van der Waals surface area contributed by atoms with Gasteiger partial charge < -0.3 is 10.1 Å². The molecule has 100 valence electrons. The number of halogens is 1.